The molecule has 0 N–H and O–H groups in total. The van der Waals surface area contributed by atoms with Crippen LogP contribution in [0.4, 0.5) is 0 Å². The molecule has 6 heteroatoms. The quantitative estimate of drug-likeness (QED) is 0.471. The summed E-state index contributed by atoms with van der Waals surface area (Å²) in [5, 5.41) is -0.179. The summed E-state index contributed by atoms with van der Waals surface area (Å²) in [4.78, 5) is 22.5. The van der Waals surface area contributed by atoms with Gasteiger partial charge in [-0.1, -0.05) is 23.2 Å². The summed E-state index contributed by atoms with van der Waals surface area (Å²) in [6, 6.07) is 2.79. The Balaban J connectivity index is 3.19. The second-order valence-corrected chi connectivity index (χ2v) is 4.83. The fraction of sp³-hybridized carbons (Fsp3) is 0.231. The monoisotopic (exact) mass is 320 g/mol. The molecule has 0 amide bonds. The molecule has 0 spiro atoms. The van der Waals surface area contributed by atoms with Crippen molar-refractivity contribution in [1.82, 2.24) is 0 Å². The van der Waals surface area contributed by atoms with Gasteiger partial charge >= 0.3 is 5.97 Å². The van der Waals surface area contributed by atoms with Gasteiger partial charge in [-0.2, -0.15) is 0 Å². The Kier molecular flexibility index (Phi) is 5.85. The molecule has 3 nitrogen and oxygen atoms in total. The van der Waals surface area contributed by atoms with Gasteiger partial charge in [0.1, 0.15) is 0 Å². The lowest BCUT2D eigenvalue weighted by Crippen LogP contribution is -2.05. The van der Waals surface area contributed by atoms with E-state index in [-0.39, 0.29) is 22.2 Å². The largest absolute Gasteiger partial charge is 0.463 e. The molecule has 1 aromatic rings. The van der Waals surface area contributed by atoms with Crippen LogP contribution in [0.15, 0.2) is 17.7 Å². The molecule has 0 unspecified atom stereocenters. The average molecular weight is 322 g/mol. The first kappa shape index (κ1) is 16.0. The van der Waals surface area contributed by atoms with E-state index < -0.39 is 11.2 Å². The maximum absolute atomic E-state index is 11.5. The van der Waals surface area contributed by atoms with Crippen LogP contribution in [-0.4, -0.2) is 17.8 Å². The van der Waals surface area contributed by atoms with Gasteiger partial charge in [0.05, 0.1) is 16.7 Å². The Labute approximate surface area is 126 Å². The van der Waals surface area contributed by atoms with Crippen molar-refractivity contribution in [2.24, 2.45) is 0 Å². The summed E-state index contributed by atoms with van der Waals surface area (Å²) in [5.74, 6) is -0.452. The minimum absolute atomic E-state index is 0.197. The molecule has 0 saturated heterocycles. The van der Waals surface area contributed by atoms with Crippen LogP contribution in [-0.2, 0) is 9.53 Å². The zero-order chi connectivity index (χ0) is 14.6. The van der Waals surface area contributed by atoms with Crippen molar-refractivity contribution in [2.45, 2.75) is 13.8 Å². The summed E-state index contributed by atoms with van der Waals surface area (Å²) >= 11 is 17.4. The number of halogens is 3. The van der Waals surface area contributed by atoms with E-state index in [0.29, 0.717) is 11.1 Å². The van der Waals surface area contributed by atoms with E-state index in [2.05, 4.69) is 0 Å². The van der Waals surface area contributed by atoms with Crippen molar-refractivity contribution in [3.05, 3.63) is 38.9 Å². The molecule has 0 bridgehead atoms. The molecule has 1 aromatic carbocycles. The fourth-order valence-corrected chi connectivity index (χ4v) is 2.06. The number of carbonyl (C=O) groups excluding carboxylic acids is 2. The fourth-order valence-electron chi connectivity index (χ4n) is 1.36. The molecule has 0 saturated carbocycles. The number of rotatable bonds is 4. The van der Waals surface area contributed by atoms with Gasteiger partial charge in [-0.15, -0.1) is 0 Å². The van der Waals surface area contributed by atoms with Gasteiger partial charge < -0.3 is 4.74 Å². The molecule has 0 aliphatic rings. The van der Waals surface area contributed by atoms with Crippen molar-refractivity contribution in [1.29, 1.82) is 0 Å². The summed E-state index contributed by atoms with van der Waals surface area (Å²) < 4.78 is 4.85. The summed E-state index contributed by atoms with van der Waals surface area (Å²) in [5.41, 5.74) is 0.994. The topological polar surface area (TPSA) is 43.4 Å². The highest BCUT2D eigenvalue weighted by atomic mass is 35.5. The molecule has 1 rings (SSSR count). The summed E-state index contributed by atoms with van der Waals surface area (Å²) in [6.45, 7) is 3.59. The van der Waals surface area contributed by atoms with Crippen molar-refractivity contribution in [2.75, 3.05) is 6.61 Å². The van der Waals surface area contributed by atoms with Gasteiger partial charge in [-0.25, -0.2) is 4.79 Å². The maximum atomic E-state index is 11.5. The van der Waals surface area contributed by atoms with Crippen molar-refractivity contribution < 1.29 is 14.3 Å². The lowest BCUT2D eigenvalue weighted by atomic mass is 10.1. The SMILES string of the molecule is CCOC(=O)/C(C)=C/c1c(Cl)cc(C(=O)Cl)cc1Cl. The first-order chi connectivity index (χ1) is 8.86. The van der Waals surface area contributed by atoms with Crippen molar-refractivity contribution in [3.8, 4) is 0 Å². The lowest BCUT2D eigenvalue weighted by molar-refractivity contribution is -0.138. The second kappa shape index (κ2) is 6.94. The van der Waals surface area contributed by atoms with Gasteiger partial charge in [0.15, 0.2) is 0 Å². The van der Waals surface area contributed by atoms with Gasteiger partial charge in [-0.05, 0) is 43.7 Å². The summed E-state index contributed by atoms with van der Waals surface area (Å²) in [6.07, 6.45) is 1.51. The molecule has 0 aliphatic heterocycles. The van der Waals surface area contributed by atoms with Crippen LogP contribution in [0, 0.1) is 0 Å². The van der Waals surface area contributed by atoms with Gasteiger partial charge in [0, 0.05) is 16.7 Å². The van der Waals surface area contributed by atoms with E-state index in [0.717, 1.165) is 0 Å². The number of hydrogen-bond acceptors (Lipinski definition) is 3. The molecule has 0 radical (unpaired) electrons. The van der Waals surface area contributed by atoms with Crippen molar-refractivity contribution >= 4 is 52.1 Å². The van der Waals surface area contributed by atoms with Crippen LogP contribution in [0.3, 0.4) is 0 Å². The van der Waals surface area contributed by atoms with Crippen LogP contribution in [0.5, 0.6) is 0 Å². The van der Waals surface area contributed by atoms with E-state index in [4.69, 9.17) is 39.5 Å². The smallest absolute Gasteiger partial charge is 0.333 e. The molecular weight excluding hydrogens is 310 g/mol. The predicted molar refractivity (Wildman–Crippen MR) is 76.9 cm³/mol. The molecule has 0 heterocycles. The van der Waals surface area contributed by atoms with Crippen molar-refractivity contribution in [3.63, 3.8) is 0 Å². The van der Waals surface area contributed by atoms with Crippen LogP contribution < -0.4 is 0 Å². The number of benzene rings is 1. The highest BCUT2D eigenvalue weighted by molar-refractivity contribution is 6.68. The number of esters is 1. The summed E-state index contributed by atoms with van der Waals surface area (Å²) in [7, 11) is 0. The molecular formula is C13H11Cl3O3. The van der Waals surface area contributed by atoms with Crippen LogP contribution >= 0.6 is 34.8 Å². The molecule has 19 heavy (non-hydrogen) atoms. The van der Waals surface area contributed by atoms with Gasteiger partial charge in [0.25, 0.3) is 5.24 Å². The Morgan fingerprint density at radius 3 is 2.21 bits per heavy atom. The molecule has 0 fully saturated rings. The minimum atomic E-state index is -0.651. The normalized spacial score (nSPS) is 11.3. The lowest BCUT2D eigenvalue weighted by Gasteiger charge is -2.06. The van der Waals surface area contributed by atoms with Crippen LogP contribution in [0.2, 0.25) is 10.0 Å². The third-order valence-electron chi connectivity index (χ3n) is 2.26. The molecule has 0 aliphatic carbocycles. The minimum Gasteiger partial charge on any atom is -0.463 e. The van der Waals surface area contributed by atoms with E-state index in [1.165, 1.54) is 18.2 Å². The molecule has 102 valence electrons. The first-order valence-corrected chi connectivity index (χ1v) is 6.54. The first-order valence-electron chi connectivity index (χ1n) is 5.41. The zero-order valence-electron chi connectivity index (χ0n) is 10.3. The van der Waals surface area contributed by atoms with Gasteiger partial charge in [0.2, 0.25) is 0 Å². The average Bonchev–Trinajstić information content (AvgIpc) is 2.33. The van der Waals surface area contributed by atoms with E-state index in [9.17, 15) is 9.59 Å². The van der Waals surface area contributed by atoms with E-state index in [1.807, 2.05) is 0 Å². The van der Waals surface area contributed by atoms with Gasteiger partial charge in [-0.3, -0.25) is 4.79 Å². The maximum Gasteiger partial charge on any atom is 0.333 e. The number of carbonyl (C=O) groups is 2. The molecule has 0 aromatic heterocycles. The second-order valence-electron chi connectivity index (χ2n) is 3.68. The molecule has 0 atom stereocenters. The standard InChI is InChI=1S/C13H11Cl3O3/c1-3-19-13(18)7(2)4-9-10(14)5-8(12(16)17)6-11(9)15/h4-6H,3H2,1-2H3/b7-4+. The van der Waals surface area contributed by atoms with E-state index in [1.54, 1.807) is 13.8 Å². The highest BCUT2D eigenvalue weighted by Crippen LogP contribution is 2.29. The third-order valence-corrected chi connectivity index (χ3v) is 3.11. The Hall–Kier alpha value is -1.03. The Bertz CT molecular complexity index is 527. The third kappa shape index (κ3) is 4.23. The zero-order valence-corrected chi connectivity index (χ0v) is 12.6. The Morgan fingerprint density at radius 1 is 1.26 bits per heavy atom. The predicted octanol–water partition coefficient (Wildman–Crippen LogP) is 4.34. The van der Waals surface area contributed by atoms with E-state index >= 15 is 0 Å². The Morgan fingerprint density at radius 2 is 1.79 bits per heavy atom. The van der Waals surface area contributed by atoms with Crippen LogP contribution in [0.25, 0.3) is 6.08 Å². The van der Waals surface area contributed by atoms with Crippen LogP contribution in [0.1, 0.15) is 29.8 Å². The number of hydrogen-bond donors (Lipinski definition) is 0. The highest BCUT2D eigenvalue weighted by Gasteiger charge is 2.12. The number of ether oxygens (including phenoxy) is 1.